The van der Waals surface area contributed by atoms with Crippen LogP contribution in [0.5, 0.6) is 0 Å². The molecule has 0 bridgehead atoms. The third kappa shape index (κ3) is 4.92. The molecule has 0 aromatic heterocycles. The lowest BCUT2D eigenvalue weighted by Gasteiger charge is -2.63. The summed E-state index contributed by atoms with van der Waals surface area (Å²) in [6, 6.07) is 1.20. The Morgan fingerprint density at radius 1 is 0.889 bits per heavy atom. The predicted octanol–water partition coefficient (Wildman–Crippen LogP) is 13.2. The Bertz CT molecular complexity index is 1800. The topological polar surface area (TPSA) is 6.48 Å². The summed E-state index contributed by atoms with van der Waals surface area (Å²) in [6.07, 6.45) is 42.8. The summed E-state index contributed by atoms with van der Waals surface area (Å²) in [7, 11) is 0. The van der Waals surface area contributed by atoms with Gasteiger partial charge in [0, 0.05) is 45.4 Å². The Labute approximate surface area is 333 Å². The molecule has 9 atom stereocenters. The summed E-state index contributed by atoms with van der Waals surface area (Å²) < 4.78 is 0. The molecule has 4 heteroatoms. The molecule has 0 aromatic rings. The normalized spacial score (nSPS) is 40.5. The van der Waals surface area contributed by atoms with Crippen molar-refractivity contribution in [2.45, 2.75) is 185 Å². The zero-order chi connectivity index (χ0) is 36.7. The monoisotopic (exact) mass is 741 g/mol. The van der Waals surface area contributed by atoms with Gasteiger partial charge in [-0.05, 0) is 131 Å². The summed E-state index contributed by atoms with van der Waals surface area (Å²) in [5.74, 6) is 4.77. The van der Waals surface area contributed by atoms with Crippen LogP contribution in [-0.2, 0) is 0 Å². The van der Waals surface area contributed by atoms with Gasteiger partial charge in [-0.3, -0.25) is 0 Å². The first-order chi connectivity index (χ1) is 26.1. The minimum atomic E-state index is 0.191. The van der Waals surface area contributed by atoms with Gasteiger partial charge in [0.15, 0.2) is 6.71 Å². The molecule has 1 spiro atoms. The van der Waals surface area contributed by atoms with Crippen LogP contribution in [0.15, 0.2) is 81.1 Å². The van der Waals surface area contributed by atoms with Crippen LogP contribution < -0.4 is 0 Å². The molecule has 2 nitrogen and oxygen atoms in total. The third-order valence-corrected chi connectivity index (χ3v) is 19.7. The fourth-order valence-corrected chi connectivity index (χ4v) is 17.4. The van der Waals surface area contributed by atoms with E-state index < -0.39 is 0 Å². The largest absolute Gasteiger partial charge is 0.366 e. The molecule has 0 radical (unpaired) electrons. The Morgan fingerprint density at radius 2 is 1.69 bits per heavy atom. The Kier molecular flexibility index (Phi) is 8.25. The molecule has 5 fully saturated rings. The number of rotatable bonds is 2. The lowest BCUT2D eigenvalue weighted by atomic mass is 9.22. The molecule has 54 heavy (non-hydrogen) atoms. The molecule has 4 heterocycles. The van der Waals surface area contributed by atoms with E-state index in [0.717, 1.165) is 17.8 Å². The van der Waals surface area contributed by atoms with E-state index in [1.165, 1.54) is 109 Å². The average Bonchev–Trinajstić information content (AvgIpc) is 3.64. The first-order valence-electron chi connectivity index (χ1n) is 23.3. The van der Waals surface area contributed by atoms with Gasteiger partial charge >= 0.3 is 0 Å². The van der Waals surface area contributed by atoms with Gasteiger partial charge in [-0.2, -0.15) is 0 Å². The molecule has 2 saturated carbocycles. The lowest BCUT2D eigenvalue weighted by molar-refractivity contribution is 0.0232. The molecule has 11 rings (SSSR count). The van der Waals surface area contributed by atoms with E-state index in [-0.39, 0.29) is 11.0 Å². The van der Waals surface area contributed by atoms with Crippen LogP contribution in [-0.4, -0.2) is 39.4 Å². The lowest BCUT2D eigenvalue weighted by Crippen LogP contribution is -2.64. The maximum atomic E-state index is 3.23. The molecule has 288 valence electrons. The van der Waals surface area contributed by atoms with Gasteiger partial charge in [-0.25, -0.2) is 0 Å². The van der Waals surface area contributed by atoms with E-state index in [9.17, 15) is 0 Å². The number of hydrogen-bond donors (Lipinski definition) is 0. The average molecular weight is 741 g/mol. The minimum absolute atomic E-state index is 0.191. The molecule has 0 N–H and O–H groups in total. The fraction of sp³-hybridized carbons (Fsp3) is 0.720. The highest BCUT2D eigenvalue weighted by Crippen LogP contribution is 2.72. The van der Waals surface area contributed by atoms with Gasteiger partial charge in [0.1, 0.15) is 0 Å². The molecule has 3 saturated heterocycles. The van der Waals surface area contributed by atoms with Crippen molar-refractivity contribution in [3.05, 3.63) is 81.1 Å². The van der Waals surface area contributed by atoms with E-state index >= 15 is 0 Å². The maximum Gasteiger partial charge on any atom is 0.199 e. The highest BCUT2D eigenvalue weighted by atomic mass is 32.2. The van der Waals surface area contributed by atoms with Crippen LogP contribution in [0.2, 0.25) is 11.6 Å². The van der Waals surface area contributed by atoms with Crippen LogP contribution in [0.25, 0.3) is 0 Å². The fourth-order valence-electron chi connectivity index (χ4n) is 15.8. The summed E-state index contributed by atoms with van der Waals surface area (Å²) in [6.45, 7) is 16.3. The van der Waals surface area contributed by atoms with Crippen LogP contribution >= 0.6 is 11.8 Å². The van der Waals surface area contributed by atoms with Gasteiger partial charge in [0.2, 0.25) is 0 Å². The highest BCUT2D eigenvalue weighted by Gasteiger charge is 2.71. The van der Waals surface area contributed by atoms with Crippen molar-refractivity contribution < 1.29 is 0 Å². The maximum absolute atomic E-state index is 3.23. The minimum Gasteiger partial charge on any atom is -0.366 e. The van der Waals surface area contributed by atoms with Crippen LogP contribution in [0, 0.1) is 40.4 Å². The zero-order valence-electron chi connectivity index (χ0n) is 34.7. The van der Waals surface area contributed by atoms with Crippen LogP contribution in [0.3, 0.4) is 0 Å². The summed E-state index contributed by atoms with van der Waals surface area (Å²) in [5.41, 5.74) is 11.6. The SMILES string of the molecule is CC1C=C2C3B(C4=CC(C(C)(C)C)CC=C4N(C4=CCCC5C6=C(C=CCC6)SC45)C3C1)C1C=C(C3CCCCC3)CC3C1N2C(C)(C)C31CCCCC1. The molecule has 0 amide bonds. The second kappa shape index (κ2) is 12.6. The van der Waals surface area contributed by atoms with Crippen molar-refractivity contribution in [2.75, 3.05) is 0 Å². The van der Waals surface area contributed by atoms with Crippen molar-refractivity contribution in [3.8, 4) is 0 Å². The Morgan fingerprint density at radius 3 is 2.48 bits per heavy atom. The second-order valence-corrected chi connectivity index (χ2v) is 23.2. The molecule has 0 aromatic carbocycles. The standard InChI is InChI=1S/C50H69BN2S/c1-31-26-42-45-43(27-31)53-46-37(50(49(53,5)6)24-13-8-14-25-50)28-33(32-16-9-7-10-17-32)29-39(46)51(45)38-30-34(48(2,3)4)22-23-40(38)52(42)41-20-15-19-36-35-18-11-12-21-44(35)54-47(36)41/h12,20-21,23,27,29-32,34,36-37,39,42,45-47H,7-11,13-19,22,24-26,28H2,1-6H3. The van der Waals surface area contributed by atoms with E-state index in [0.29, 0.717) is 52.9 Å². The molecular formula is C50H69BN2S. The summed E-state index contributed by atoms with van der Waals surface area (Å²) >= 11 is 2.25. The second-order valence-electron chi connectivity index (χ2n) is 22.0. The van der Waals surface area contributed by atoms with E-state index in [4.69, 9.17) is 0 Å². The van der Waals surface area contributed by atoms with Crippen molar-refractivity contribution >= 4 is 18.5 Å². The van der Waals surface area contributed by atoms with Crippen molar-refractivity contribution in [1.82, 2.24) is 9.80 Å². The molecule has 9 unspecified atom stereocenters. The quantitative estimate of drug-likeness (QED) is 0.206. The van der Waals surface area contributed by atoms with Gasteiger partial charge in [-0.1, -0.05) is 125 Å². The number of nitrogens with zero attached hydrogens (tertiary/aromatic N) is 2. The Hall–Kier alpha value is -1.81. The third-order valence-electron chi connectivity index (χ3n) is 18.2. The van der Waals surface area contributed by atoms with Crippen molar-refractivity contribution in [1.29, 1.82) is 0 Å². The van der Waals surface area contributed by atoms with Crippen molar-refractivity contribution in [3.63, 3.8) is 0 Å². The highest BCUT2D eigenvalue weighted by molar-refractivity contribution is 8.04. The van der Waals surface area contributed by atoms with Gasteiger partial charge in [0.25, 0.3) is 0 Å². The number of allylic oxidation sites excluding steroid dienone is 9. The first-order valence-corrected chi connectivity index (χ1v) is 24.1. The van der Waals surface area contributed by atoms with E-state index in [2.05, 4.69) is 106 Å². The van der Waals surface area contributed by atoms with Crippen LogP contribution in [0.1, 0.15) is 151 Å². The Balaban J connectivity index is 1.11. The number of hydrogen-bond acceptors (Lipinski definition) is 3. The van der Waals surface area contributed by atoms with Gasteiger partial charge in [0.05, 0.1) is 5.25 Å². The summed E-state index contributed by atoms with van der Waals surface area (Å²) in [4.78, 5) is 7.95. The molecule has 4 aliphatic heterocycles. The van der Waals surface area contributed by atoms with Crippen LogP contribution in [0.4, 0.5) is 0 Å². The van der Waals surface area contributed by atoms with Gasteiger partial charge < -0.3 is 9.80 Å². The number of fused-ring (bicyclic) bond motifs is 7. The van der Waals surface area contributed by atoms with E-state index in [1.54, 1.807) is 33.0 Å². The molecular weight excluding hydrogens is 671 g/mol. The zero-order valence-corrected chi connectivity index (χ0v) is 35.5. The summed E-state index contributed by atoms with van der Waals surface area (Å²) in [5, 5.41) is 0.581. The predicted molar refractivity (Wildman–Crippen MR) is 230 cm³/mol. The molecule has 11 aliphatic rings. The van der Waals surface area contributed by atoms with E-state index in [1.807, 2.05) is 5.57 Å². The smallest absolute Gasteiger partial charge is 0.199 e. The van der Waals surface area contributed by atoms with Crippen molar-refractivity contribution in [2.24, 2.45) is 40.4 Å². The first kappa shape index (κ1) is 35.4. The van der Waals surface area contributed by atoms with Gasteiger partial charge in [-0.15, -0.1) is 11.8 Å². The number of thioether (sulfide) groups is 1. The molecule has 7 aliphatic carbocycles.